The van der Waals surface area contributed by atoms with Crippen LogP contribution in [0.3, 0.4) is 0 Å². The zero-order valence-electron chi connectivity index (χ0n) is 15.8. The molecule has 0 radical (unpaired) electrons. The maximum Gasteiger partial charge on any atom is 0.316 e. The Balaban J connectivity index is 1.70. The van der Waals surface area contributed by atoms with Crippen LogP contribution in [-0.4, -0.2) is 35.1 Å². The molecule has 0 aliphatic carbocycles. The molecule has 0 spiro atoms. The lowest BCUT2D eigenvalue weighted by Gasteiger charge is -2.08. The van der Waals surface area contributed by atoms with Gasteiger partial charge < -0.3 is 4.74 Å². The van der Waals surface area contributed by atoms with Crippen LogP contribution in [0.5, 0.6) is 0 Å². The molecular formula is C19H19N3O6S. The molecule has 0 fully saturated rings. The predicted octanol–water partition coefficient (Wildman–Crippen LogP) is 2.31. The molecular weight excluding hydrogens is 398 g/mol. The molecule has 0 bridgehead atoms. The maximum atomic E-state index is 11.9. The first-order valence-corrected chi connectivity index (χ1v) is 9.44. The summed E-state index contributed by atoms with van der Waals surface area (Å²) in [6.45, 7) is 3.43. The number of nitro groups is 1. The zero-order chi connectivity index (χ0) is 21.4. The molecule has 0 heterocycles. The summed E-state index contributed by atoms with van der Waals surface area (Å²) in [5.41, 5.74) is 6.48. The van der Waals surface area contributed by atoms with Crippen molar-refractivity contribution in [2.24, 2.45) is 0 Å². The minimum Gasteiger partial charge on any atom is -0.455 e. The van der Waals surface area contributed by atoms with E-state index in [2.05, 4.69) is 10.9 Å². The van der Waals surface area contributed by atoms with Gasteiger partial charge in [0.05, 0.1) is 10.7 Å². The van der Waals surface area contributed by atoms with Crippen molar-refractivity contribution in [1.82, 2.24) is 10.9 Å². The highest BCUT2D eigenvalue weighted by Gasteiger charge is 2.12. The van der Waals surface area contributed by atoms with Crippen LogP contribution in [0.2, 0.25) is 0 Å². The third-order valence-electron chi connectivity index (χ3n) is 3.86. The van der Waals surface area contributed by atoms with Crippen LogP contribution in [0.1, 0.15) is 21.5 Å². The van der Waals surface area contributed by atoms with Crippen LogP contribution in [0, 0.1) is 24.0 Å². The van der Waals surface area contributed by atoms with Gasteiger partial charge in [-0.2, -0.15) is 0 Å². The normalized spacial score (nSPS) is 10.1. The highest BCUT2D eigenvalue weighted by atomic mass is 32.2. The Morgan fingerprint density at radius 2 is 1.72 bits per heavy atom. The molecule has 2 aromatic rings. The number of aryl methyl sites for hydroxylation is 2. The quantitative estimate of drug-likeness (QED) is 0.306. The Hall–Kier alpha value is -3.40. The Labute approximate surface area is 170 Å². The monoisotopic (exact) mass is 417 g/mol. The van der Waals surface area contributed by atoms with E-state index in [9.17, 15) is 24.5 Å². The predicted molar refractivity (Wildman–Crippen MR) is 106 cm³/mol. The van der Waals surface area contributed by atoms with Gasteiger partial charge in [0.1, 0.15) is 0 Å². The first-order chi connectivity index (χ1) is 13.8. The Kier molecular flexibility index (Phi) is 7.72. The van der Waals surface area contributed by atoms with Gasteiger partial charge >= 0.3 is 5.97 Å². The van der Waals surface area contributed by atoms with E-state index in [4.69, 9.17) is 4.74 Å². The largest absolute Gasteiger partial charge is 0.455 e. The van der Waals surface area contributed by atoms with Gasteiger partial charge in [0.2, 0.25) is 0 Å². The van der Waals surface area contributed by atoms with Gasteiger partial charge in [0, 0.05) is 22.6 Å². The number of non-ortho nitro benzene ring substituents is 1. The van der Waals surface area contributed by atoms with E-state index in [-0.39, 0.29) is 17.0 Å². The van der Waals surface area contributed by atoms with E-state index in [0.717, 1.165) is 16.0 Å². The molecule has 2 N–H and O–H groups in total. The minimum atomic E-state index is -0.718. The molecule has 2 rings (SSSR count). The fraction of sp³-hybridized carbons (Fsp3) is 0.211. The number of ether oxygens (including phenoxy) is 1. The van der Waals surface area contributed by atoms with Crippen molar-refractivity contribution in [3.05, 3.63) is 69.3 Å². The molecule has 2 aromatic carbocycles. The molecule has 0 aromatic heterocycles. The van der Waals surface area contributed by atoms with Crippen molar-refractivity contribution in [3.63, 3.8) is 0 Å². The summed E-state index contributed by atoms with van der Waals surface area (Å²) in [6.07, 6.45) is 0. The Morgan fingerprint density at radius 1 is 1.03 bits per heavy atom. The van der Waals surface area contributed by atoms with E-state index in [0.29, 0.717) is 0 Å². The topological polar surface area (TPSA) is 128 Å². The number of rotatable bonds is 7. The van der Waals surface area contributed by atoms with Crippen molar-refractivity contribution >= 4 is 35.2 Å². The lowest BCUT2D eigenvalue weighted by molar-refractivity contribution is -0.384. The lowest BCUT2D eigenvalue weighted by Crippen LogP contribution is -2.43. The Morgan fingerprint density at radius 3 is 2.34 bits per heavy atom. The standard InChI is InChI=1S/C19H19N3O6S/c1-12-3-8-16(9-13(12)2)29-11-18(24)28-10-17(23)20-21-19(25)14-4-6-15(7-5-14)22(26)27/h3-9H,10-11H2,1-2H3,(H,20,23)(H,21,25). The summed E-state index contributed by atoms with van der Waals surface area (Å²) >= 11 is 1.30. The van der Waals surface area contributed by atoms with Gasteiger partial charge in [0.25, 0.3) is 17.5 Å². The number of nitrogens with one attached hydrogen (secondary N) is 2. The third-order valence-corrected chi connectivity index (χ3v) is 4.82. The van der Waals surface area contributed by atoms with Crippen LogP contribution in [0.15, 0.2) is 47.4 Å². The number of hydrogen-bond donors (Lipinski definition) is 2. The summed E-state index contributed by atoms with van der Waals surface area (Å²) in [6, 6.07) is 10.7. The van der Waals surface area contributed by atoms with Crippen molar-refractivity contribution < 1.29 is 24.0 Å². The number of thioether (sulfide) groups is 1. The number of benzene rings is 2. The second-order valence-electron chi connectivity index (χ2n) is 6.00. The number of nitro benzene ring substituents is 1. The molecule has 9 nitrogen and oxygen atoms in total. The summed E-state index contributed by atoms with van der Waals surface area (Å²) in [5, 5.41) is 10.6. The Bertz CT molecular complexity index is 930. The number of amides is 2. The fourth-order valence-corrected chi connectivity index (χ4v) is 2.90. The van der Waals surface area contributed by atoms with E-state index < -0.39 is 29.3 Å². The highest BCUT2D eigenvalue weighted by molar-refractivity contribution is 8.00. The molecule has 0 saturated carbocycles. The molecule has 152 valence electrons. The minimum absolute atomic E-state index is 0.0466. The number of hydrogen-bond acceptors (Lipinski definition) is 7. The molecule has 0 aliphatic rings. The summed E-state index contributed by atoms with van der Waals surface area (Å²) in [5.74, 6) is -1.90. The molecule has 29 heavy (non-hydrogen) atoms. The van der Waals surface area contributed by atoms with Crippen molar-refractivity contribution in [3.8, 4) is 0 Å². The van der Waals surface area contributed by atoms with Gasteiger partial charge in [0.15, 0.2) is 6.61 Å². The average molecular weight is 417 g/mol. The van der Waals surface area contributed by atoms with Gasteiger partial charge in [-0.3, -0.25) is 35.3 Å². The van der Waals surface area contributed by atoms with Crippen molar-refractivity contribution in [1.29, 1.82) is 0 Å². The van der Waals surface area contributed by atoms with Gasteiger partial charge in [-0.05, 0) is 49.2 Å². The fourth-order valence-electron chi connectivity index (χ4n) is 2.10. The summed E-state index contributed by atoms with van der Waals surface area (Å²) < 4.78 is 4.86. The number of esters is 1. The van der Waals surface area contributed by atoms with Crippen molar-refractivity contribution in [2.45, 2.75) is 18.7 Å². The van der Waals surface area contributed by atoms with E-state index >= 15 is 0 Å². The van der Waals surface area contributed by atoms with Crippen molar-refractivity contribution in [2.75, 3.05) is 12.4 Å². The number of carbonyl (C=O) groups excluding carboxylic acids is 3. The van der Waals surface area contributed by atoms with Gasteiger partial charge in [-0.25, -0.2) is 0 Å². The van der Waals surface area contributed by atoms with E-state index in [1.54, 1.807) is 0 Å². The van der Waals surface area contributed by atoms with E-state index in [1.807, 2.05) is 32.0 Å². The molecule has 10 heteroatoms. The molecule has 0 saturated heterocycles. The molecule has 0 aliphatic heterocycles. The molecule has 0 atom stereocenters. The SMILES string of the molecule is Cc1ccc(SCC(=O)OCC(=O)NNC(=O)c2ccc([N+](=O)[O-])cc2)cc1C. The number of carbonyl (C=O) groups is 3. The van der Waals surface area contributed by atoms with Crippen LogP contribution < -0.4 is 10.9 Å². The number of hydrazine groups is 1. The van der Waals surface area contributed by atoms with Gasteiger partial charge in [-0.1, -0.05) is 6.07 Å². The van der Waals surface area contributed by atoms with Crippen LogP contribution >= 0.6 is 11.8 Å². The van der Waals surface area contributed by atoms with Crippen LogP contribution in [0.4, 0.5) is 5.69 Å². The summed E-state index contributed by atoms with van der Waals surface area (Å²) in [7, 11) is 0. The molecule has 2 amide bonds. The smallest absolute Gasteiger partial charge is 0.316 e. The van der Waals surface area contributed by atoms with Crippen LogP contribution in [-0.2, 0) is 14.3 Å². The third kappa shape index (κ3) is 6.92. The highest BCUT2D eigenvalue weighted by Crippen LogP contribution is 2.21. The zero-order valence-corrected chi connectivity index (χ0v) is 16.6. The van der Waals surface area contributed by atoms with E-state index in [1.165, 1.54) is 36.0 Å². The maximum absolute atomic E-state index is 11.9. The first-order valence-electron chi connectivity index (χ1n) is 8.45. The lowest BCUT2D eigenvalue weighted by atomic mass is 10.1. The second-order valence-corrected chi connectivity index (χ2v) is 7.05. The van der Waals surface area contributed by atoms with Gasteiger partial charge in [-0.15, -0.1) is 11.8 Å². The number of nitrogens with zero attached hydrogens (tertiary/aromatic N) is 1. The second kappa shape index (κ2) is 10.2. The summed E-state index contributed by atoms with van der Waals surface area (Å²) in [4.78, 5) is 46.2. The average Bonchev–Trinajstić information content (AvgIpc) is 2.71. The molecule has 0 unspecified atom stereocenters. The first kappa shape index (κ1) is 21.9. The van der Waals surface area contributed by atoms with Crippen LogP contribution in [0.25, 0.3) is 0 Å².